The summed E-state index contributed by atoms with van der Waals surface area (Å²) < 4.78 is 13.5. The largest absolute Gasteiger partial charge is 0.377 e. The van der Waals surface area contributed by atoms with Crippen LogP contribution in [0.15, 0.2) is 48.8 Å². The monoisotopic (exact) mass is 216 g/mol. The molecule has 0 saturated carbocycles. The Morgan fingerprint density at radius 1 is 1.19 bits per heavy atom. The molecule has 82 valence electrons. The number of anilines is 1. The zero-order valence-electron chi connectivity index (χ0n) is 9.02. The maximum absolute atomic E-state index is 13.5. The van der Waals surface area contributed by atoms with Crippen molar-refractivity contribution in [2.75, 3.05) is 5.32 Å². The van der Waals surface area contributed by atoms with Gasteiger partial charge in [0.1, 0.15) is 5.82 Å². The van der Waals surface area contributed by atoms with Crippen molar-refractivity contribution in [1.29, 1.82) is 0 Å². The highest BCUT2D eigenvalue weighted by molar-refractivity contribution is 5.42. The summed E-state index contributed by atoms with van der Waals surface area (Å²) in [4.78, 5) is 4.00. The van der Waals surface area contributed by atoms with Gasteiger partial charge in [-0.15, -0.1) is 0 Å². The predicted molar refractivity (Wildman–Crippen MR) is 62.7 cm³/mol. The van der Waals surface area contributed by atoms with Gasteiger partial charge in [0, 0.05) is 18.0 Å². The Morgan fingerprint density at radius 3 is 2.69 bits per heavy atom. The Labute approximate surface area is 94.2 Å². The zero-order chi connectivity index (χ0) is 11.4. The maximum Gasteiger partial charge on any atom is 0.128 e. The van der Waals surface area contributed by atoms with Crippen molar-refractivity contribution in [3.05, 3.63) is 60.2 Å². The van der Waals surface area contributed by atoms with Crippen LogP contribution in [0, 0.1) is 5.82 Å². The molecule has 0 spiro atoms. The van der Waals surface area contributed by atoms with Crippen molar-refractivity contribution in [3.63, 3.8) is 0 Å². The number of hydrogen-bond acceptors (Lipinski definition) is 2. The van der Waals surface area contributed by atoms with Crippen LogP contribution in [0.1, 0.15) is 18.5 Å². The first kappa shape index (κ1) is 10.6. The molecule has 2 aromatic rings. The summed E-state index contributed by atoms with van der Waals surface area (Å²) in [6, 6.07) is 10.4. The maximum atomic E-state index is 13.5. The highest BCUT2D eigenvalue weighted by Crippen LogP contribution is 2.20. The second-order valence-electron chi connectivity index (χ2n) is 3.63. The number of pyridine rings is 1. The second-order valence-corrected chi connectivity index (χ2v) is 3.63. The SMILES string of the molecule is CC(Nc1cccnc1)c1ccccc1F. The molecule has 1 atom stereocenters. The molecule has 0 aliphatic carbocycles. The molecule has 0 radical (unpaired) electrons. The molecule has 0 fully saturated rings. The van der Waals surface area contributed by atoms with Crippen LogP contribution in [0.5, 0.6) is 0 Å². The number of aromatic nitrogens is 1. The lowest BCUT2D eigenvalue weighted by molar-refractivity contribution is 0.600. The van der Waals surface area contributed by atoms with Gasteiger partial charge in [0.25, 0.3) is 0 Å². The number of hydrogen-bond donors (Lipinski definition) is 1. The summed E-state index contributed by atoms with van der Waals surface area (Å²) in [6.07, 6.45) is 3.43. The molecule has 1 aromatic carbocycles. The highest BCUT2D eigenvalue weighted by atomic mass is 19.1. The van der Waals surface area contributed by atoms with Crippen LogP contribution < -0.4 is 5.32 Å². The fourth-order valence-electron chi connectivity index (χ4n) is 1.60. The minimum absolute atomic E-state index is 0.0783. The van der Waals surface area contributed by atoms with Gasteiger partial charge in [-0.1, -0.05) is 18.2 Å². The number of rotatable bonds is 3. The molecular formula is C13H13FN2. The summed E-state index contributed by atoms with van der Waals surface area (Å²) in [5.74, 6) is -0.189. The van der Waals surface area contributed by atoms with Crippen molar-refractivity contribution < 1.29 is 4.39 Å². The van der Waals surface area contributed by atoms with Gasteiger partial charge < -0.3 is 5.32 Å². The van der Waals surface area contributed by atoms with Gasteiger partial charge in [-0.2, -0.15) is 0 Å². The first-order valence-corrected chi connectivity index (χ1v) is 5.18. The Morgan fingerprint density at radius 2 is 2.00 bits per heavy atom. The molecule has 1 aromatic heterocycles. The first-order chi connectivity index (χ1) is 7.77. The zero-order valence-corrected chi connectivity index (χ0v) is 9.02. The lowest BCUT2D eigenvalue weighted by Crippen LogP contribution is -2.08. The minimum atomic E-state index is -0.189. The molecule has 0 amide bonds. The van der Waals surface area contributed by atoms with Crippen LogP contribution in [0.2, 0.25) is 0 Å². The number of benzene rings is 1. The Hall–Kier alpha value is -1.90. The van der Waals surface area contributed by atoms with Gasteiger partial charge in [-0.05, 0) is 25.1 Å². The molecule has 1 unspecified atom stereocenters. The smallest absolute Gasteiger partial charge is 0.128 e. The van der Waals surface area contributed by atoms with Crippen LogP contribution in [-0.4, -0.2) is 4.98 Å². The van der Waals surface area contributed by atoms with E-state index >= 15 is 0 Å². The minimum Gasteiger partial charge on any atom is -0.377 e. The van der Waals surface area contributed by atoms with E-state index in [0.717, 1.165) is 5.69 Å². The Kier molecular flexibility index (Phi) is 3.15. The first-order valence-electron chi connectivity index (χ1n) is 5.18. The van der Waals surface area contributed by atoms with E-state index in [1.54, 1.807) is 24.5 Å². The third-order valence-corrected chi connectivity index (χ3v) is 2.42. The lowest BCUT2D eigenvalue weighted by Gasteiger charge is -2.15. The van der Waals surface area contributed by atoms with Gasteiger partial charge in [0.05, 0.1) is 11.7 Å². The average molecular weight is 216 g/mol. The van der Waals surface area contributed by atoms with Crippen LogP contribution in [0.25, 0.3) is 0 Å². The van der Waals surface area contributed by atoms with Gasteiger partial charge in [-0.25, -0.2) is 4.39 Å². The van der Waals surface area contributed by atoms with Gasteiger partial charge in [0.2, 0.25) is 0 Å². The van der Waals surface area contributed by atoms with Gasteiger partial charge >= 0.3 is 0 Å². The number of nitrogens with zero attached hydrogens (tertiary/aromatic N) is 1. The van der Waals surface area contributed by atoms with Crippen LogP contribution >= 0.6 is 0 Å². The molecule has 0 aliphatic heterocycles. The van der Waals surface area contributed by atoms with Gasteiger partial charge in [-0.3, -0.25) is 4.98 Å². The normalized spacial score (nSPS) is 12.1. The van der Waals surface area contributed by atoms with Crippen molar-refractivity contribution in [3.8, 4) is 0 Å². The number of halogens is 1. The summed E-state index contributed by atoms with van der Waals surface area (Å²) in [5.41, 5.74) is 1.55. The molecule has 2 nitrogen and oxygen atoms in total. The van der Waals surface area contributed by atoms with E-state index < -0.39 is 0 Å². The summed E-state index contributed by atoms with van der Waals surface area (Å²) >= 11 is 0. The van der Waals surface area contributed by atoms with Crippen LogP contribution in [0.3, 0.4) is 0 Å². The van der Waals surface area contributed by atoms with E-state index in [-0.39, 0.29) is 11.9 Å². The van der Waals surface area contributed by atoms with Crippen LogP contribution in [-0.2, 0) is 0 Å². The van der Waals surface area contributed by atoms with Crippen molar-refractivity contribution in [2.45, 2.75) is 13.0 Å². The van der Waals surface area contributed by atoms with E-state index in [9.17, 15) is 4.39 Å². The molecule has 2 rings (SSSR count). The summed E-state index contributed by atoms with van der Waals surface area (Å²) in [6.45, 7) is 1.92. The molecule has 1 N–H and O–H groups in total. The summed E-state index contributed by atoms with van der Waals surface area (Å²) in [7, 11) is 0. The van der Waals surface area contributed by atoms with E-state index in [4.69, 9.17) is 0 Å². The quantitative estimate of drug-likeness (QED) is 0.850. The molecule has 0 bridgehead atoms. The van der Waals surface area contributed by atoms with Gasteiger partial charge in [0.15, 0.2) is 0 Å². The van der Waals surface area contributed by atoms with E-state index in [1.165, 1.54) is 6.07 Å². The average Bonchev–Trinajstić information content (AvgIpc) is 2.31. The third kappa shape index (κ3) is 2.37. The van der Waals surface area contributed by atoms with E-state index in [2.05, 4.69) is 10.3 Å². The standard InChI is InChI=1S/C13H13FN2/c1-10(12-6-2-3-7-13(12)14)16-11-5-4-8-15-9-11/h2-10,16H,1H3. The fraction of sp³-hybridized carbons (Fsp3) is 0.154. The molecule has 1 heterocycles. The Balaban J connectivity index is 2.15. The van der Waals surface area contributed by atoms with Crippen molar-refractivity contribution in [1.82, 2.24) is 4.98 Å². The topological polar surface area (TPSA) is 24.9 Å². The number of nitrogens with one attached hydrogen (secondary N) is 1. The molecular weight excluding hydrogens is 203 g/mol. The van der Waals surface area contributed by atoms with Crippen molar-refractivity contribution in [2.24, 2.45) is 0 Å². The Bertz CT molecular complexity index is 456. The van der Waals surface area contributed by atoms with E-state index in [0.29, 0.717) is 5.56 Å². The lowest BCUT2D eigenvalue weighted by atomic mass is 10.1. The van der Waals surface area contributed by atoms with Crippen LogP contribution in [0.4, 0.5) is 10.1 Å². The predicted octanol–water partition coefficient (Wildman–Crippen LogP) is 3.39. The molecule has 3 heteroatoms. The van der Waals surface area contributed by atoms with Crippen molar-refractivity contribution >= 4 is 5.69 Å². The fourth-order valence-corrected chi connectivity index (χ4v) is 1.60. The summed E-state index contributed by atoms with van der Waals surface area (Å²) in [5, 5.41) is 3.20. The second kappa shape index (κ2) is 4.75. The van der Waals surface area contributed by atoms with E-state index in [1.807, 2.05) is 25.1 Å². The highest BCUT2D eigenvalue weighted by Gasteiger charge is 2.09. The molecule has 0 saturated heterocycles. The molecule has 0 aliphatic rings. The molecule has 16 heavy (non-hydrogen) atoms. The third-order valence-electron chi connectivity index (χ3n) is 2.42.